The zero-order valence-electron chi connectivity index (χ0n) is 10.6. The molecule has 0 bridgehead atoms. The normalized spacial score (nSPS) is 21.3. The fourth-order valence-corrected chi connectivity index (χ4v) is 2.15. The number of aliphatic carboxylic acids is 1. The number of benzene rings is 1. The van der Waals surface area contributed by atoms with Crippen LogP contribution in [0.2, 0.25) is 0 Å². The SMILES string of the molecule is COc1cc(C2CC2C(=O)O)cc(OC)c1OC. The maximum absolute atomic E-state index is 10.9. The van der Waals surface area contributed by atoms with Gasteiger partial charge in [0.2, 0.25) is 5.75 Å². The summed E-state index contributed by atoms with van der Waals surface area (Å²) in [5, 5.41) is 8.95. The Morgan fingerprint density at radius 3 is 2.06 bits per heavy atom. The number of carboxylic acids is 1. The van der Waals surface area contributed by atoms with Crippen molar-refractivity contribution in [2.24, 2.45) is 5.92 Å². The summed E-state index contributed by atoms with van der Waals surface area (Å²) >= 11 is 0. The Morgan fingerprint density at radius 1 is 1.17 bits per heavy atom. The highest BCUT2D eigenvalue weighted by molar-refractivity contribution is 5.75. The van der Waals surface area contributed by atoms with Gasteiger partial charge in [-0.05, 0) is 30.0 Å². The summed E-state index contributed by atoms with van der Waals surface area (Å²) in [5.74, 6) is 0.625. The van der Waals surface area contributed by atoms with Crippen molar-refractivity contribution < 1.29 is 24.1 Å². The van der Waals surface area contributed by atoms with Gasteiger partial charge in [-0.25, -0.2) is 0 Å². The second-order valence-electron chi connectivity index (χ2n) is 4.25. The first kappa shape index (κ1) is 12.5. The predicted octanol–water partition coefficient (Wildman–Crippen LogP) is 1.90. The molecule has 1 saturated carbocycles. The van der Waals surface area contributed by atoms with Crippen molar-refractivity contribution in [3.05, 3.63) is 17.7 Å². The summed E-state index contributed by atoms with van der Waals surface area (Å²) in [4.78, 5) is 10.9. The lowest BCUT2D eigenvalue weighted by atomic mass is 10.1. The largest absolute Gasteiger partial charge is 0.493 e. The fourth-order valence-electron chi connectivity index (χ4n) is 2.15. The van der Waals surface area contributed by atoms with E-state index in [-0.39, 0.29) is 11.8 Å². The first-order valence-electron chi connectivity index (χ1n) is 5.65. The summed E-state index contributed by atoms with van der Waals surface area (Å²) in [6, 6.07) is 3.63. The molecule has 0 saturated heterocycles. The first-order valence-corrected chi connectivity index (χ1v) is 5.65. The lowest BCUT2D eigenvalue weighted by Crippen LogP contribution is -2.00. The zero-order valence-corrected chi connectivity index (χ0v) is 10.6. The molecule has 98 valence electrons. The summed E-state index contributed by atoms with van der Waals surface area (Å²) in [6.07, 6.45) is 0.661. The highest BCUT2D eigenvalue weighted by atomic mass is 16.5. The molecular weight excluding hydrogens is 236 g/mol. The van der Waals surface area contributed by atoms with Crippen LogP contribution in [0.4, 0.5) is 0 Å². The molecule has 1 aromatic rings. The first-order chi connectivity index (χ1) is 8.62. The Kier molecular flexibility index (Phi) is 3.32. The van der Waals surface area contributed by atoms with E-state index in [9.17, 15) is 4.79 Å². The number of hydrogen-bond acceptors (Lipinski definition) is 4. The second kappa shape index (κ2) is 4.76. The lowest BCUT2D eigenvalue weighted by Gasteiger charge is -2.13. The number of rotatable bonds is 5. The molecule has 0 amide bonds. The average molecular weight is 252 g/mol. The molecular formula is C13H16O5. The monoisotopic (exact) mass is 252 g/mol. The minimum atomic E-state index is -0.756. The zero-order chi connectivity index (χ0) is 13.3. The van der Waals surface area contributed by atoms with Gasteiger partial charge in [0.15, 0.2) is 11.5 Å². The van der Waals surface area contributed by atoms with Gasteiger partial charge in [0, 0.05) is 0 Å². The van der Waals surface area contributed by atoms with Gasteiger partial charge in [0.05, 0.1) is 27.2 Å². The molecule has 0 radical (unpaired) electrons. The third-order valence-electron chi connectivity index (χ3n) is 3.22. The van der Waals surface area contributed by atoms with Crippen molar-refractivity contribution in [3.8, 4) is 17.2 Å². The van der Waals surface area contributed by atoms with Crippen molar-refractivity contribution in [3.63, 3.8) is 0 Å². The molecule has 1 fully saturated rings. The number of carboxylic acid groups (broad SMARTS) is 1. The van der Waals surface area contributed by atoms with Gasteiger partial charge in [0.1, 0.15) is 0 Å². The smallest absolute Gasteiger partial charge is 0.307 e. The van der Waals surface area contributed by atoms with Crippen LogP contribution in [-0.4, -0.2) is 32.4 Å². The molecule has 1 aliphatic carbocycles. The average Bonchev–Trinajstić information content (AvgIpc) is 3.17. The molecule has 1 aromatic carbocycles. The van der Waals surface area contributed by atoms with Crippen LogP contribution in [0.1, 0.15) is 17.9 Å². The van der Waals surface area contributed by atoms with Crippen LogP contribution in [0.3, 0.4) is 0 Å². The third-order valence-corrected chi connectivity index (χ3v) is 3.22. The van der Waals surface area contributed by atoms with Gasteiger partial charge < -0.3 is 19.3 Å². The maximum Gasteiger partial charge on any atom is 0.307 e. The van der Waals surface area contributed by atoms with Crippen molar-refractivity contribution in [1.29, 1.82) is 0 Å². The van der Waals surface area contributed by atoms with E-state index in [1.807, 2.05) is 12.1 Å². The van der Waals surface area contributed by atoms with Crippen LogP contribution in [0.15, 0.2) is 12.1 Å². The molecule has 0 heterocycles. The van der Waals surface area contributed by atoms with Gasteiger partial charge >= 0.3 is 5.97 Å². The molecule has 2 unspecified atom stereocenters. The predicted molar refractivity (Wildman–Crippen MR) is 64.6 cm³/mol. The van der Waals surface area contributed by atoms with E-state index in [0.717, 1.165) is 5.56 Å². The number of carbonyl (C=O) groups is 1. The summed E-state index contributed by atoms with van der Waals surface area (Å²) in [6.45, 7) is 0. The Morgan fingerprint density at radius 2 is 1.72 bits per heavy atom. The maximum atomic E-state index is 10.9. The van der Waals surface area contributed by atoms with E-state index < -0.39 is 5.97 Å². The summed E-state index contributed by atoms with van der Waals surface area (Å²) in [7, 11) is 4.63. The number of ether oxygens (including phenoxy) is 3. The van der Waals surface area contributed by atoms with E-state index >= 15 is 0 Å². The van der Waals surface area contributed by atoms with Crippen LogP contribution < -0.4 is 14.2 Å². The van der Waals surface area contributed by atoms with Crippen LogP contribution in [0.25, 0.3) is 0 Å². The Bertz CT molecular complexity index is 443. The van der Waals surface area contributed by atoms with E-state index in [0.29, 0.717) is 23.7 Å². The Balaban J connectivity index is 2.36. The topological polar surface area (TPSA) is 65.0 Å². The highest BCUT2D eigenvalue weighted by Crippen LogP contribution is 2.51. The van der Waals surface area contributed by atoms with E-state index in [4.69, 9.17) is 19.3 Å². The minimum absolute atomic E-state index is 0.0382. The second-order valence-corrected chi connectivity index (χ2v) is 4.25. The van der Waals surface area contributed by atoms with Crippen molar-refractivity contribution in [2.75, 3.05) is 21.3 Å². The van der Waals surface area contributed by atoms with Crippen LogP contribution >= 0.6 is 0 Å². The van der Waals surface area contributed by atoms with Gasteiger partial charge in [0.25, 0.3) is 0 Å². The lowest BCUT2D eigenvalue weighted by molar-refractivity contribution is -0.138. The van der Waals surface area contributed by atoms with Crippen molar-refractivity contribution in [2.45, 2.75) is 12.3 Å². The van der Waals surface area contributed by atoms with Crippen molar-refractivity contribution >= 4 is 5.97 Å². The molecule has 18 heavy (non-hydrogen) atoms. The molecule has 0 aliphatic heterocycles. The highest BCUT2D eigenvalue weighted by Gasteiger charge is 2.44. The molecule has 1 aliphatic rings. The van der Waals surface area contributed by atoms with E-state index in [1.54, 1.807) is 14.2 Å². The van der Waals surface area contributed by atoms with Crippen molar-refractivity contribution in [1.82, 2.24) is 0 Å². The number of hydrogen-bond donors (Lipinski definition) is 1. The van der Waals surface area contributed by atoms with Crippen LogP contribution in [0.5, 0.6) is 17.2 Å². The van der Waals surface area contributed by atoms with Crippen LogP contribution in [0, 0.1) is 5.92 Å². The van der Waals surface area contributed by atoms with E-state index in [1.165, 1.54) is 7.11 Å². The third kappa shape index (κ3) is 2.08. The van der Waals surface area contributed by atoms with Gasteiger partial charge in [-0.3, -0.25) is 4.79 Å². The number of methoxy groups -OCH3 is 3. The summed E-state index contributed by atoms with van der Waals surface area (Å²) < 4.78 is 15.7. The minimum Gasteiger partial charge on any atom is -0.493 e. The van der Waals surface area contributed by atoms with Gasteiger partial charge in [-0.2, -0.15) is 0 Å². The van der Waals surface area contributed by atoms with Gasteiger partial charge in [-0.15, -0.1) is 0 Å². The standard InChI is InChI=1S/C13H16O5/c1-16-10-4-7(8-6-9(8)13(14)15)5-11(17-2)12(10)18-3/h4-5,8-9H,6H2,1-3H3,(H,14,15). The molecule has 1 N–H and O–H groups in total. The molecule has 2 atom stereocenters. The Hall–Kier alpha value is -1.91. The molecule has 2 rings (SSSR count). The quantitative estimate of drug-likeness (QED) is 0.867. The van der Waals surface area contributed by atoms with Crippen LogP contribution in [-0.2, 0) is 4.79 Å². The molecule has 0 spiro atoms. The summed E-state index contributed by atoms with van der Waals surface area (Å²) in [5.41, 5.74) is 0.914. The molecule has 5 nitrogen and oxygen atoms in total. The van der Waals surface area contributed by atoms with Gasteiger partial charge in [-0.1, -0.05) is 0 Å². The fraction of sp³-hybridized carbons (Fsp3) is 0.462. The van der Waals surface area contributed by atoms with E-state index in [2.05, 4.69) is 0 Å². The molecule has 0 aromatic heterocycles. The molecule has 5 heteroatoms. The Labute approximate surface area is 105 Å².